The maximum absolute atomic E-state index is 12.7. The van der Waals surface area contributed by atoms with Gasteiger partial charge in [-0.1, -0.05) is 23.4 Å². The first-order chi connectivity index (χ1) is 14.6. The maximum atomic E-state index is 12.7. The molecule has 0 amide bonds. The summed E-state index contributed by atoms with van der Waals surface area (Å²) in [5.41, 5.74) is 3.81. The van der Waals surface area contributed by atoms with Crippen molar-refractivity contribution in [3.05, 3.63) is 88.6 Å². The minimum atomic E-state index is -0.525. The van der Waals surface area contributed by atoms with Crippen molar-refractivity contribution in [2.45, 2.75) is 27.1 Å². The van der Waals surface area contributed by atoms with E-state index in [2.05, 4.69) is 11.2 Å². The van der Waals surface area contributed by atoms with Crippen LogP contribution in [0.4, 0.5) is 0 Å². The third kappa shape index (κ3) is 3.63. The Hall–Kier alpha value is -4.05. The fourth-order valence-electron chi connectivity index (χ4n) is 3.26. The summed E-state index contributed by atoms with van der Waals surface area (Å²) < 4.78 is 18.3. The summed E-state index contributed by atoms with van der Waals surface area (Å²) in [5, 5.41) is 13.4. The second-order valence-corrected chi connectivity index (χ2v) is 6.80. The molecule has 30 heavy (non-hydrogen) atoms. The molecule has 0 saturated carbocycles. The molecule has 0 N–H and O–H groups in total. The largest absolute Gasteiger partial charge is 0.488 e. The van der Waals surface area contributed by atoms with Gasteiger partial charge in [0.1, 0.15) is 36.4 Å². The number of rotatable bonds is 6. The van der Waals surface area contributed by atoms with Crippen LogP contribution in [0.15, 0.2) is 59.4 Å². The zero-order valence-corrected chi connectivity index (χ0v) is 16.6. The molecule has 0 fully saturated rings. The number of fused-ring (bicyclic) bond motifs is 1. The SMILES string of the molecule is Cc1noc(C)c1COc1ccccc1C(=O)OCc1cn2ccccc2c1C#N. The number of hydrogen-bond donors (Lipinski definition) is 0. The number of para-hydroxylation sites is 1. The van der Waals surface area contributed by atoms with Crippen molar-refractivity contribution >= 4 is 11.5 Å². The first-order valence-electron chi connectivity index (χ1n) is 9.38. The Bertz CT molecular complexity index is 1240. The van der Waals surface area contributed by atoms with Crippen LogP contribution in [0.1, 0.15) is 38.5 Å². The molecule has 1 aromatic carbocycles. The molecular formula is C23H19N3O4. The van der Waals surface area contributed by atoms with Gasteiger partial charge in [0.05, 0.1) is 22.3 Å². The monoisotopic (exact) mass is 401 g/mol. The molecule has 0 atom stereocenters. The lowest BCUT2D eigenvalue weighted by atomic mass is 10.2. The number of esters is 1. The van der Waals surface area contributed by atoms with Crippen molar-refractivity contribution in [3.63, 3.8) is 0 Å². The predicted molar refractivity (Wildman–Crippen MR) is 108 cm³/mol. The summed E-state index contributed by atoms with van der Waals surface area (Å²) >= 11 is 0. The molecule has 0 spiro atoms. The molecule has 150 valence electrons. The van der Waals surface area contributed by atoms with Crippen LogP contribution in [0.25, 0.3) is 5.52 Å². The van der Waals surface area contributed by atoms with Gasteiger partial charge in [-0.2, -0.15) is 5.26 Å². The molecule has 4 aromatic rings. The lowest BCUT2D eigenvalue weighted by Crippen LogP contribution is -2.09. The molecular weight excluding hydrogens is 382 g/mol. The predicted octanol–water partition coefficient (Wildman–Crippen LogP) is 4.35. The summed E-state index contributed by atoms with van der Waals surface area (Å²) in [6.07, 6.45) is 3.64. The Balaban J connectivity index is 1.50. The first-order valence-corrected chi connectivity index (χ1v) is 9.38. The molecule has 0 saturated heterocycles. The summed E-state index contributed by atoms with van der Waals surface area (Å²) in [4.78, 5) is 12.7. The zero-order valence-electron chi connectivity index (χ0n) is 16.6. The number of hydrogen-bond acceptors (Lipinski definition) is 6. The molecule has 7 heteroatoms. The lowest BCUT2D eigenvalue weighted by Gasteiger charge is -2.11. The van der Waals surface area contributed by atoms with Crippen LogP contribution in [0, 0.1) is 25.2 Å². The van der Waals surface area contributed by atoms with Crippen molar-refractivity contribution in [2.75, 3.05) is 0 Å². The van der Waals surface area contributed by atoms with E-state index in [0.29, 0.717) is 28.2 Å². The number of carbonyl (C=O) groups is 1. The quantitative estimate of drug-likeness (QED) is 0.446. The van der Waals surface area contributed by atoms with E-state index in [0.717, 1.165) is 16.8 Å². The van der Waals surface area contributed by atoms with E-state index in [-0.39, 0.29) is 13.2 Å². The zero-order chi connectivity index (χ0) is 21.1. The van der Waals surface area contributed by atoms with Gasteiger partial charge in [0, 0.05) is 18.0 Å². The molecule has 0 unspecified atom stereocenters. The normalized spacial score (nSPS) is 10.7. The lowest BCUT2D eigenvalue weighted by molar-refractivity contribution is 0.0467. The standard InChI is InChI=1S/C23H19N3O4/c1-15-20(16(2)30-25-15)14-28-22-9-4-3-7-18(22)23(27)29-13-17-12-26-10-6-5-8-21(26)19(17)11-24/h3-10,12H,13-14H2,1-2H3. The molecule has 0 aliphatic heterocycles. The van der Waals surface area contributed by atoms with Gasteiger partial charge in [-0.25, -0.2) is 4.79 Å². The highest BCUT2D eigenvalue weighted by Crippen LogP contribution is 2.24. The molecule has 0 bridgehead atoms. The summed E-state index contributed by atoms with van der Waals surface area (Å²) in [6, 6.07) is 14.7. The van der Waals surface area contributed by atoms with Gasteiger partial charge < -0.3 is 18.4 Å². The highest BCUT2D eigenvalue weighted by Gasteiger charge is 2.18. The fraction of sp³-hybridized carbons (Fsp3) is 0.174. The Morgan fingerprint density at radius 2 is 1.97 bits per heavy atom. The molecule has 0 radical (unpaired) electrons. The van der Waals surface area contributed by atoms with Crippen LogP contribution in [0.3, 0.4) is 0 Å². The molecule has 3 aromatic heterocycles. The van der Waals surface area contributed by atoms with Gasteiger partial charge in [0.2, 0.25) is 0 Å². The molecule has 0 aliphatic carbocycles. The average molecular weight is 401 g/mol. The molecule has 0 aliphatic rings. The van der Waals surface area contributed by atoms with Crippen molar-refractivity contribution in [3.8, 4) is 11.8 Å². The van der Waals surface area contributed by atoms with E-state index in [1.807, 2.05) is 42.6 Å². The van der Waals surface area contributed by atoms with Gasteiger partial charge in [0.15, 0.2) is 0 Å². The molecule has 7 nitrogen and oxygen atoms in total. The smallest absolute Gasteiger partial charge is 0.342 e. The van der Waals surface area contributed by atoms with Gasteiger partial charge in [0.25, 0.3) is 0 Å². The summed E-state index contributed by atoms with van der Waals surface area (Å²) in [5.74, 6) is 0.561. The van der Waals surface area contributed by atoms with Gasteiger partial charge in [-0.05, 0) is 38.1 Å². The Morgan fingerprint density at radius 3 is 2.73 bits per heavy atom. The van der Waals surface area contributed by atoms with Crippen LogP contribution in [-0.4, -0.2) is 15.5 Å². The summed E-state index contributed by atoms with van der Waals surface area (Å²) in [6.45, 7) is 3.87. The van der Waals surface area contributed by atoms with Gasteiger partial charge in [-0.3, -0.25) is 0 Å². The topological polar surface area (TPSA) is 89.8 Å². The van der Waals surface area contributed by atoms with Crippen molar-refractivity contribution in [2.24, 2.45) is 0 Å². The second kappa shape index (κ2) is 8.13. The minimum absolute atomic E-state index is 0.0123. The van der Waals surface area contributed by atoms with Crippen LogP contribution in [0.2, 0.25) is 0 Å². The number of aryl methyl sites for hydroxylation is 2. The fourth-order valence-corrected chi connectivity index (χ4v) is 3.26. The van der Waals surface area contributed by atoms with Crippen molar-refractivity contribution < 1.29 is 18.8 Å². The third-order valence-electron chi connectivity index (χ3n) is 4.89. The van der Waals surface area contributed by atoms with E-state index >= 15 is 0 Å². The number of ether oxygens (including phenoxy) is 2. The maximum Gasteiger partial charge on any atom is 0.342 e. The van der Waals surface area contributed by atoms with Crippen molar-refractivity contribution in [1.82, 2.24) is 9.56 Å². The minimum Gasteiger partial charge on any atom is -0.488 e. The number of pyridine rings is 1. The number of benzene rings is 1. The third-order valence-corrected chi connectivity index (χ3v) is 4.89. The Morgan fingerprint density at radius 1 is 1.17 bits per heavy atom. The Labute approximate surface area is 173 Å². The average Bonchev–Trinajstić information content (AvgIpc) is 3.29. The molecule has 3 heterocycles. The van der Waals surface area contributed by atoms with Crippen LogP contribution < -0.4 is 4.74 Å². The number of nitrogens with zero attached hydrogens (tertiary/aromatic N) is 3. The first kappa shape index (κ1) is 19.3. The summed E-state index contributed by atoms with van der Waals surface area (Å²) in [7, 11) is 0. The van der Waals surface area contributed by atoms with Crippen LogP contribution >= 0.6 is 0 Å². The number of nitriles is 1. The number of aromatic nitrogens is 2. The molecule has 4 rings (SSSR count). The van der Waals surface area contributed by atoms with E-state index in [1.54, 1.807) is 30.5 Å². The Kier molecular flexibility index (Phi) is 5.22. The van der Waals surface area contributed by atoms with E-state index < -0.39 is 5.97 Å². The second-order valence-electron chi connectivity index (χ2n) is 6.80. The van der Waals surface area contributed by atoms with E-state index in [9.17, 15) is 10.1 Å². The van der Waals surface area contributed by atoms with E-state index in [1.165, 1.54) is 0 Å². The van der Waals surface area contributed by atoms with Gasteiger partial charge in [-0.15, -0.1) is 0 Å². The van der Waals surface area contributed by atoms with E-state index in [4.69, 9.17) is 14.0 Å². The highest BCUT2D eigenvalue weighted by molar-refractivity contribution is 5.92. The van der Waals surface area contributed by atoms with Crippen LogP contribution in [0.5, 0.6) is 5.75 Å². The van der Waals surface area contributed by atoms with Crippen LogP contribution in [-0.2, 0) is 18.0 Å². The highest BCUT2D eigenvalue weighted by atomic mass is 16.5. The number of carbonyl (C=O) groups excluding carboxylic acids is 1. The van der Waals surface area contributed by atoms with Gasteiger partial charge >= 0.3 is 5.97 Å². The van der Waals surface area contributed by atoms with Crippen molar-refractivity contribution in [1.29, 1.82) is 5.26 Å².